The maximum absolute atomic E-state index is 14.4. The molecule has 4 aromatic carbocycles. The summed E-state index contributed by atoms with van der Waals surface area (Å²) >= 11 is 3.45. The van der Waals surface area contributed by atoms with E-state index < -0.39 is 28.5 Å². The predicted octanol–water partition coefficient (Wildman–Crippen LogP) is 6.12. The normalized spacial score (nSPS) is 12.0. The van der Waals surface area contributed by atoms with Gasteiger partial charge in [0.1, 0.15) is 12.6 Å². The molecule has 7 nitrogen and oxygen atoms in total. The van der Waals surface area contributed by atoms with Crippen LogP contribution in [0.2, 0.25) is 0 Å². The number of aryl methyl sites for hydroxylation is 1. The molecule has 0 aliphatic carbocycles. The summed E-state index contributed by atoms with van der Waals surface area (Å²) in [4.78, 5) is 29.7. The lowest BCUT2D eigenvalue weighted by Crippen LogP contribution is -2.54. The fourth-order valence-electron chi connectivity index (χ4n) is 4.68. The SMILES string of the molecule is Cc1ccc(S(=O)(=O)N(CC(=O)N(Cc2ccc(Br)cc2)C(Cc2ccccc2)C(=O)NC(C)C)c2ccccc2)cc1. The predicted molar refractivity (Wildman–Crippen MR) is 174 cm³/mol. The fraction of sp³-hybridized carbons (Fsp3) is 0.235. The summed E-state index contributed by atoms with van der Waals surface area (Å²) in [5.74, 6) is -0.806. The van der Waals surface area contributed by atoms with Gasteiger partial charge >= 0.3 is 0 Å². The summed E-state index contributed by atoms with van der Waals surface area (Å²) in [6.45, 7) is 5.23. The van der Waals surface area contributed by atoms with Crippen LogP contribution < -0.4 is 9.62 Å². The molecule has 0 saturated heterocycles. The molecule has 0 aromatic heterocycles. The number of nitrogens with zero attached hydrogens (tertiary/aromatic N) is 2. The first-order valence-corrected chi connectivity index (χ1v) is 16.3. The number of hydrogen-bond donors (Lipinski definition) is 1. The van der Waals surface area contributed by atoms with E-state index in [2.05, 4.69) is 21.2 Å². The first kappa shape index (κ1) is 32.0. The lowest BCUT2D eigenvalue weighted by molar-refractivity contribution is -0.140. The van der Waals surface area contributed by atoms with Gasteiger partial charge in [0.15, 0.2) is 0 Å². The minimum Gasteiger partial charge on any atom is -0.352 e. The lowest BCUT2D eigenvalue weighted by atomic mass is 10.0. The number of carbonyl (C=O) groups is 2. The molecule has 0 fully saturated rings. The van der Waals surface area contributed by atoms with E-state index in [1.807, 2.05) is 75.4 Å². The van der Waals surface area contributed by atoms with Crippen LogP contribution in [-0.2, 0) is 32.6 Å². The summed E-state index contributed by atoms with van der Waals surface area (Å²) in [6.07, 6.45) is 0.262. The van der Waals surface area contributed by atoms with Crippen molar-refractivity contribution in [2.24, 2.45) is 0 Å². The second kappa shape index (κ2) is 14.5. The highest BCUT2D eigenvalue weighted by Gasteiger charge is 2.34. The van der Waals surface area contributed by atoms with Crippen LogP contribution in [0.3, 0.4) is 0 Å². The highest BCUT2D eigenvalue weighted by atomic mass is 79.9. The van der Waals surface area contributed by atoms with Crippen molar-refractivity contribution in [3.05, 3.63) is 130 Å². The quantitative estimate of drug-likeness (QED) is 0.198. The molecule has 1 atom stereocenters. The number of nitrogens with one attached hydrogen (secondary N) is 1. The average molecular weight is 663 g/mol. The van der Waals surface area contributed by atoms with Crippen molar-refractivity contribution in [3.63, 3.8) is 0 Å². The Kier molecular flexibility index (Phi) is 10.8. The second-order valence-electron chi connectivity index (χ2n) is 10.7. The van der Waals surface area contributed by atoms with Gasteiger partial charge in [-0.25, -0.2) is 8.42 Å². The number of carbonyl (C=O) groups excluding carboxylic acids is 2. The number of rotatable bonds is 12. The van der Waals surface area contributed by atoms with Gasteiger partial charge < -0.3 is 10.2 Å². The lowest BCUT2D eigenvalue weighted by Gasteiger charge is -2.34. The van der Waals surface area contributed by atoms with Gasteiger partial charge in [0.05, 0.1) is 10.6 Å². The Hall–Kier alpha value is -3.95. The Bertz CT molecular complexity index is 1610. The maximum atomic E-state index is 14.4. The molecule has 0 radical (unpaired) electrons. The fourth-order valence-corrected chi connectivity index (χ4v) is 6.36. The van der Waals surface area contributed by atoms with Crippen molar-refractivity contribution in [1.82, 2.24) is 10.2 Å². The minimum atomic E-state index is -4.12. The van der Waals surface area contributed by atoms with E-state index in [0.717, 1.165) is 25.5 Å². The van der Waals surface area contributed by atoms with Gasteiger partial charge in [0, 0.05) is 23.5 Å². The zero-order valence-corrected chi connectivity index (χ0v) is 26.9. The van der Waals surface area contributed by atoms with E-state index in [4.69, 9.17) is 0 Å². The number of benzene rings is 4. The highest BCUT2D eigenvalue weighted by Crippen LogP contribution is 2.25. The maximum Gasteiger partial charge on any atom is 0.264 e. The van der Waals surface area contributed by atoms with E-state index in [0.29, 0.717) is 5.69 Å². The molecule has 0 heterocycles. The van der Waals surface area contributed by atoms with Gasteiger partial charge in [-0.05, 0) is 68.3 Å². The smallest absolute Gasteiger partial charge is 0.264 e. The van der Waals surface area contributed by atoms with Gasteiger partial charge in [-0.1, -0.05) is 94.3 Å². The van der Waals surface area contributed by atoms with Gasteiger partial charge in [0.25, 0.3) is 10.0 Å². The molecule has 43 heavy (non-hydrogen) atoms. The zero-order valence-electron chi connectivity index (χ0n) is 24.5. The van der Waals surface area contributed by atoms with Crippen molar-refractivity contribution < 1.29 is 18.0 Å². The van der Waals surface area contributed by atoms with E-state index in [1.165, 1.54) is 4.90 Å². The van der Waals surface area contributed by atoms with Crippen LogP contribution in [0, 0.1) is 6.92 Å². The largest absolute Gasteiger partial charge is 0.352 e. The number of hydrogen-bond acceptors (Lipinski definition) is 4. The van der Waals surface area contributed by atoms with Crippen molar-refractivity contribution in [1.29, 1.82) is 0 Å². The third kappa shape index (κ3) is 8.55. The average Bonchev–Trinajstić information content (AvgIpc) is 2.99. The van der Waals surface area contributed by atoms with Crippen molar-refractivity contribution in [3.8, 4) is 0 Å². The minimum absolute atomic E-state index is 0.0765. The third-order valence-electron chi connectivity index (χ3n) is 6.90. The molecule has 0 saturated carbocycles. The van der Waals surface area contributed by atoms with Gasteiger partial charge in [-0.15, -0.1) is 0 Å². The van der Waals surface area contributed by atoms with Crippen LogP contribution in [0.25, 0.3) is 0 Å². The molecule has 0 aliphatic heterocycles. The van der Waals surface area contributed by atoms with Crippen LogP contribution in [0.15, 0.2) is 119 Å². The van der Waals surface area contributed by atoms with Crippen LogP contribution >= 0.6 is 15.9 Å². The topological polar surface area (TPSA) is 86.8 Å². The molecule has 4 aromatic rings. The number of amides is 2. The van der Waals surface area contributed by atoms with Crippen molar-refractivity contribution in [2.75, 3.05) is 10.8 Å². The van der Waals surface area contributed by atoms with Crippen LogP contribution in [0.1, 0.15) is 30.5 Å². The van der Waals surface area contributed by atoms with Gasteiger partial charge in [-0.3, -0.25) is 13.9 Å². The molecular formula is C34H36BrN3O4S. The highest BCUT2D eigenvalue weighted by molar-refractivity contribution is 9.10. The Morgan fingerprint density at radius 2 is 1.37 bits per heavy atom. The molecule has 2 amide bonds. The van der Waals surface area contributed by atoms with Crippen molar-refractivity contribution >= 4 is 43.5 Å². The summed E-state index contributed by atoms with van der Waals surface area (Å²) in [6, 6.07) is 31.0. The summed E-state index contributed by atoms with van der Waals surface area (Å²) in [5, 5.41) is 2.97. The first-order chi connectivity index (χ1) is 20.5. The van der Waals surface area contributed by atoms with E-state index in [9.17, 15) is 18.0 Å². The van der Waals surface area contributed by atoms with Crippen LogP contribution in [0.5, 0.6) is 0 Å². The summed E-state index contributed by atoms with van der Waals surface area (Å²) in [7, 11) is -4.12. The molecule has 0 aliphatic rings. The Labute approximate surface area is 262 Å². The summed E-state index contributed by atoms with van der Waals surface area (Å²) < 4.78 is 30.0. The molecule has 1 N–H and O–H groups in total. The first-order valence-electron chi connectivity index (χ1n) is 14.1. The van der Waals surface area contributed by atoms with E-state index in [-0.39, 0.29) is 29.8 Å². The van der Waals surface area contributed by atoms with Gasteiger partial charge in [-0.2, -0.15) is 0 Å². The Morgan fingerprint density at radius 3 is 1.95 bits per heavy atom. The number of para-hydroxylation sites is 1. The molecule has 1 unspecified atom stereocenters. The molecule has 9 heteroatoms. The van der Waals surface area contributed by atoms with Crippen molar-refractivity contribution in [2.45, 2.75) is 50.7 Å². The molecular weight excluding hydrogens is 626 g/mol. The standard InChI is InChI=1S/C34H36BrN3O4S/c1-25(2)36-34(40)32(22-27-10-6-4-7-11-27)37(23-28-16-18-29(35)19-17-28)33(39)24-38(30-12-8-5-9-13-30)43(41,42)31-20-14-26(3)15-21-31/h4-21,25,32H,22-24H2,1-3H3,(H,36,40). The monoisotopic (exact) mass is 661 g/mol. The second-order valence-corrected chi connectivity index (χ2v) is 13.5. The van der Waals surface area contributed by atoms with E-state index >= 15 is 0 Å². The molecule has 0 bridgehead atoms. The number of anilines is 1. The van der Waals surface area contributed by atoms with Crippen LogP contribution in [-0.4, -0.2) is 43.8 Å². The summed E-state index contributed by atoms with van der Waals surface area (Å²) in [5.41, 5.74) is 2.96. The Morgan fingerprint density at radius 1 is 0.791 bits per heavy atom. The number of halogens is 1. The van der Waals surface area contributed by atoms with E-state index in [1.54, 1.807) is 54.6 Å². The zero-order chi connectivity index (χ0) is 31.0. The van der Waals surface area contributed by atoms with Gasteiger partial charge in [0.2, 0.25) is 11.8 Å². The molecule has 224 valence electrons. The third-order valence-corrected chi connectivity index (χ3v) is 9.22. The molecule has 0 spiro atoms. The molecule has 4 rings (SSSR count). The number of sulfonamides is 1. The van der Waals surface area contributed by atoms with Crippen LogP contribution in [0.4, 0.5) is 5.69 Å². The Balaban J connectivity index is 1.78.